The van der Waals surface area contributed by atoms with Crippen LogP contribution in [-0.2, 0) is 30.3 Å². The second-order valence-electron chi connectivity index (χ2n) is 12.8. The molecule has 42 heavy (non-hydrogen) atoms. The molecule has 3 amide bonds. The Morgan fingerprint density at radius 2 is 1.40 bits per heavy atom. The molecule has 3 unspecified atom stereocenters. The minimum atomic E-state index is -1.10. The summed E-state index contributed by atoms with van der Waals surface area (Å²) in [6, 6.07) is 13.1. The SMILES string of the molecule is Cc1cccc(C(C(=O)NC(Cc2ccccc2)C(=O)OC(C)(C)C)N(C(=O)C(C)NC(=O)OC(C)(C)C)C(C)C)c1. The maximum Gasteiger partial charge on any atom is 0.408 e. The number of aryl methyl sites for hydroxylation is 1. The van der Waals surface area contributed by atoms with Crippen LogP contribution in [0.5, 0.6) is 0 Å². The summed E-state index contributed by atoms with van der Waals surface area (Å²) < 4.78 is 11.0. The molecule has 3 atom stereocenters. The van der Waals surface area contributed by atoms with E-state index in [0.29, 0.717) is 5.56 Å². The molecule has 0 aliphatic heterocycles. The minimum Gasteiger partial charge on any atom is -0.458 e. The lowest BCUT2D eigenvalue weighted by molar-refractivity contribution is -0.159. The first-order chi connectivity index (χ1) is 19.4. The van der Waals surface area contributed by atoms with Gasteiger partial charge in [0, 0.05) is 12.5 Å². The van der Waals surface area contributed by atoms with Crippen molar-refractivity contribution in [1.82, 2.24) is 15.5 Å². The molecule has 0 radical (unpaired) electrons. The molecule has 2 N–H and O–H groups in total. The lowest BCUT2D eigenvalue weighted by Gasteiger charge is -2.37. The number of ether oxygens (including phenoxy) is 2. The summed E-state index contributed by atoms with van der Waals surface area (Å²) in [4.78, 5) is 55.3. The molecule has 9 heteroatoms. The summed E-state index contributed by atoms with van der Waals surface area (Å²) in [5.74, 6) is -1.60. The van der Waals surface area contributed by atoms with Gasteiger partial charge in [-0.25, -0.2) is 9.59 Å². The summed E-state index contributed by atoms with van der Waals surface area (Å²) in [6.45, 7) is 17.5. The van der Waals surface area contributed by atoms with Gasteiger partial charge in [0.25, 0.3) is 0 Å². The summed E-state index contributed by atoms with van der Waals surface area (Å²) >= 11 is 0. The van der Waals surface area contributed by atoms with Crippen molar-refractivity contribution in [3.05, 3.63) is 71.3 Å². The summed E-state index contributed by atoms with van der Waals surface area (Å²) in [5.41, 5.74) is 0.795. The van der Waals surface area contributed by atoms with Crippen LogP contribution in [0.3, 0.4) is 0 Å². The Hall–Kier alpha value is -3.88. The number of nitrogens with zero attached hydrogens (tertiary/aromatic N) is 1. The van der Waals surface area contributed by atoms with Gasteiger partial charge >= 0.3 is 12.1 Å². The minimum absolute atomic E-state index is 0.203. The van der Waals surface area contributed by atoms with Crippen molar-refractivity contribution in [3.63, 3.8) is 0 Å². The lowest BCUT2D eigenvalue weighted by atomic mass is 9.98. The van der Waals surface area contributed by atoms with Crippen molar-refractivity contribution in [2.75, 3.05) is 0 Å². The highest BCUT2D eigenvalue weighted by atomic mass is 16.6. The van der Waals surface area contributed by atoms with Crippen molar-refractivity contribution < 1.29 is 28.7 Å². The Kier molecular flexibility index (Phi) is 11.7. The van der Waals surface area contributed by atoms with E-state index >= 15 is 0 Å². The van der Waals surface area contributed by atoms with Gasteiger partial charge in [-0.3, -0.25) is 9.59 Å². The third-order valence-corrected chi connectivity index (χ3v) is 6.09. The number of carbonyl (C=O) groups is 4. The number of hydrogen-bond donors (Lipinski definition) is 2. The Bertz CT molecular complexity index is 1230. The summed E-state index contributed by atoms with van der Waals surface area (Å²) in [5, 5.41) is 5.47. The Morgan fingerprint density at radius 1 is 0.810 bits per heavy atom. The number of benzene rings is 2. The third-order valence-electron chi connectivity index (χ3n) is 6.09. The molecule has 0 fully saturated rings. The molecule has 0 spiro atoms. The van der Waals surface area contributed by atoms with Gasteiger partial charge in [0.2, 0.25) is 11.8 Å². The molecule has 0 aliphatic carbocycles. The van der Waals surface area contributed by atoms with E-state index in [1.54, 1.807) is 68.4 Å². The van der Waals surface area contributed by atoms with Crippen LogP contribution in [0.15, 0.2) is 54.6 Å². The van der Waals surface area contributed by atoms with Gasteiger partial charge in [-0.1, -0.05) is 60.2 Å². The van der Waals surface area contributed by atoms with Gasteiger partial charge in [-0.05, 0) is 80.4 Å². The topological polar surface area (TPSA) is 114 Å². The molecule has 0 bridgehead atoms. The van der Waals surface area contributed by atoms with Crippen LogP contribution in [0.25, 0.3) is 0 Å². The monoisotopic (exact) mass is 581 g/mol. The fourth-order valence-corrected chi connectivity index (χ4v) is 4.39. The number of hydrogen-bond acceptors (Lipinski definition) is 6. The highest BCUT2D eigenvalue weighted by molar-refractivity contribution is 5.94. The molecule has 0 saturated heterocycles. The normalized spacial score (nSPS) is 13.9. The zero-order valence-electron chi connectivity index (χ0n) is 26.6. The Morgan fingerprint density at radius 3 is 1.93 bits per heavy atom. The van der Waals surface area contributed by atoms with E-state index < -0.39 is 59.2 Å². The van der Waals surface area contributed by atoms with E-state index in [9.17, 15) is 19.2 Å². The average molecular weight is 582 g/mol. The maximum atomic E-state index is 14.2. The maximum absolute atomic E-state index is 14.2. The molecule has 0 saturated carbocycles. The number of carbonyl (C=O) groups excluding carboxylic acids is 4. The van der Waals surface area contributed by atoms with Crippen molar-refractivity contribution in [1.29, 1.82) is 0 Å². The van der Waals surface area contributed by atoms with Gasteiger partial charge in [-0.2, -0.15) is 0 Å². The van der Waals surface area contributed by atoms with Gasteiger partial charge < -0.3 is 25.0 Å². The molecule has 0 aromatic heterocycles. The molecule has 0 aliphatic rings. The molecule has 2 aromatic carbocycles. The fraction of sp³-hybridized carbons (Fsp3) is 0.515. The molecule has 2 rings (SSSR count). The van der Waals surface area contributed by atoms with Crippen LogP contribution in [0.1, 0.15) is 85.0 Å². The van der Waals surface area contributed by atoms with Crippen molar-refractivity contribution >= 4 is 23.9 Å². The van der Waals surface area contributed by atoms with Crippen LogP contribution >= 0.6 is 0 Å². The predicted molar refractivity (Wildman–Crippen MR) is 163 cm³/mol. The third kappa shape index (κ3) is 10.8. The second-order valence-corrected chi connectivity index (χ2v) is 12.8. The first-order valence-electron chi connectivity index (χ1n) is 14.3. The first kappa shape index (κ1) is 34.3. The average Bonchev–Trinajstić information content (AvgIpc) is 2.84. The van der Waals surface area contributed by atoms with E-state index in [1.165, 1.54) is 4.90 Å². The van der Waals surface area contributed by atoms with Crippen LogP contribution < -0.4 is 10.6 Å². The Balaban J connectivity index is 2.49. The van der Waals surface area contributed by atoms with E-state index in [4.69, 9.17) is 9.47 Å². The largest absolute Gasteiger partial charge is 0.458 e. The van der Waals surface area contributed by atoms with Gasteiger partial charge in [0.15, 0.2) is 0 Å². The molecule has 230 valence electrons. The second kappa shape index (κ2) is 14.3. The highest BCUT2D eigenvalue weighted by Crippen LogP contribution is 2.26. The van der Waals surface area contributed by atoms with E-state index in [2.05, 4.69) is 10.6 Å². The van der Waals surface area contributed by atoms with E-state index in [-0.39, 0.29) is 6.42 Å². The number of alkyl carbamates (subject to hydrolysis) is 1. The number of amides is 3. The first-order valence-corrected chi connectivity index (χ1v) is 14.3. The zero-order valence-corrected chi connectivity index (χ0v) is 26.6. The summed E-state index contributed by atoms with van der Waals surface area (Å²) in [6.07, 6.45) is -0.537. The van der Waals surface area contributed by atoms with E-state index in [0.717, 1.165) is 11.1 Å². The van der Waals surface area contributed by atoms with Gasteiger partial charge in [0.1, 0.15) is 29.3 Å². The van der Waals surface area contributed by atoms with Crippen LogP contribution in [0.4, 0.5) is 4.79 Å². The molecule has 9 nitrogen and oxygen atoms in total. The van der Waals surface area contributed by atoms with Crippen LogP contribution in [0, 0.1) is 6.92 Å². The highest BCUT2D eigenvalue weighted by Gasteiger charge is 2.38. The van der Waals surface area contributed by atoms with E-state index in [1.807, 2.05) is 55.5 Å². The molecule has 2 aromatic rings. The van der Waals surface area contributed by atoms with Crippen molar-refractivity contribution in [2.45, 2.75) is 111 Å². The molecular formula is C33H47N3O6. The predicted octanol–water partition coefficient (Wildman–Crippen LogP) is 5.26. The number of esters is 1. The standard InChI is InChI=1S/C33H47N3O6/c1-21(2)36(29(38)23(4)34-31(40)42-33(8,9)10)27(25-18-14-15-22(3)19-25)28(37)35-26(30(39)41-32(5,6)7)20-24-16-12-11-13-17-24/h11-19,21,23,26-27H,20H2,1-10H3,(H,34,40)(H,35,37). The quantitative estimate of drug-likeness (QED) is 0.370. The van der Waals surface area contributed by atoms with Gasteiger partial charge in [-0.15, -0.1) is 0 Å². The van der Waals surface area contributed by atoms with Crippen molar-refractivity contribution in [2.24, 2.45) is 0 Å². The zero-order chi connectivity index (χ0) is 31.8. The fourth-order valence-electron chi connectivity index (χ4n) is 4.39. The van der Waals surface area contributed by atoms with Gasteiger partial charge in [0.05, 0.1) is 0 Å². The van der Waals surface area contributed by atoms with Crippen molar-refractivity contribution in [3.8, 4) is 0 Å². The molecule has 0 heterocycles. The smallest absolute Gasteiger partial charge is 0.408 e. The summed E-state index contributed by atoms with van der Waals surface area (Å²) in [7, 11) is 0. The number of rotatable bonds is 10. The van der Waals surface area contributed by atoms with Crippen LogP contribution in [-0.4, -0.2) is 58.1 Å². The lowest BCUT2D eigenvalue weighted by Crippen LogP contribution is -2.56. The number of nitrogens with one attached hydrogen (secondary N) is 2. The Labute approximate surface area is 250 Å². The molecular weight excluding hydrogens is 534 g/mol. The van der Waals surface area contributed by atoms with Crippen LogP contribution in [0.2, 0.25) is 0 Å².